The highest BCUT2D eigenvalue weighted by molar-refractivity contribution is 6.08. The fourth-order valence-corrected chi connectivity index (χ4v) is 2.70. The second kappa shape index (κ2) is 5.83. The third kappa shape index (κ3) is 2.94. The molecule has 3 rings (SSSR count). The molecule has 0 bridgehead atoms. The second-order valence-corrected chi connectivity index (χ2v) is 5.64. The normalized spacial score (nSPS) is 20.1. The summed E-state index contributed by atoms with van der Waals surface area (Å²) in [5.74, 6) is -1.58. The minimum Gasteiger partial charge on any atom is -0.465 e. The van der Waals surface area contributed by atoms with Gasteiger partial charge in [0, 0.05) is 11.6 Å². The Kier molecular flexibility index (Phi) is 3.85. The average Bonchev–Trinajstić information content (AvgIpc) is 3.32. The Morgan fingerprint density at radius 3 is 2.22 bits per heavy atom. The van der Waals surface area contributed by atoms with Crippen molar-refractivity contribution in [2.75, 3.05) is 7.11 Å². The molecule has 7 heteroatoms. The van der Waals surface area contributed by atoms with E-state index in [0.29, 0.717) is 11.1 Å². The number of carbonyl (C=O) groups is 4. The molecule has 23 heavy (non-hydrogen) atoms. The first-order valence-corrected chi connectivity index (χ1v) is 7.36. The second-order valence-electron chi connectivity index (χ2n) is 5.64. The van der Waals surface area contributed by atoms with E-state index in [0.717, 1.165) is 12.8 Å². The lowest BCUT2D eigenvalue weighted by molar-refractivity contribution is -0.126. The summed E-state index contributed by atoms with van der Waals surface area (Å²) in [5, 5.41) is 2.24. The average molecular weight is 316 g/mol. The van der Waals surface area contributed by atoms with E-state index in [2.05, 4.69) is 10.1 Å². The molecule has 1 N–H and O–H groups in total. The molecule has 0 radical (unpaired) electrons. The van der Waals surface area contributed by atoms with Gasteiger partial charge in [0.1, 0.15) is 6.04 Å². The van der Waals surface area contributed by atoms with E-state index in [1.165, 1.54) is 36.3 Å². The van der Waals surface area contributed by atoms with Gasteiger partial charge in [-0.25, -0.2) is 4.79 Å². The molecule has 1 aromatic rings. The third-order valence-corrected chi connectivity index (χ3v) is 4.01. The van der Waals surface area contributed by atoms with Gasteiger partial charge in [0.25, 0.3) is 5.91 Å². The van der Waals surface area contributed by atoms with Crippen molar-refractivity contribution in [2.24, 2.45) is 0 Å². The van der Waals surface area contributed by atoms with Gasteiger partial charge in [-0.15, -0.1) is 0 Å². The number of hydrogen-bond donors (Lipinski definition) is 1. The van der Waals surface area contributed by atoms with E-state index in [-0.39, 0.29) is 24.3 Å². The van der Waals surface area contributed by atoms with Crippen molar-refractivity contribution >= 4 is 23.7 Å². The van der Waals surface area contributed by atoms with Crippen LogP contribution < -0.4 is 5.32 Å². The van der Waals surface area contributed by atoms with Crippen molar-refractivity contribution in [3.05, 3.63) is 35.4 Å². The number of benzene rings is 1. The number of carbonyl (C=O) groups excluding carboxylic acids is 4. The molecule has 2 fully saturated rings. The number of ether oxygens (including phenoxy) is 1. The van der Waals surface area contributed by atoms with E-state index in [1.54, 1.807) is 0 Å². The van der Waals surface area contributed by atoms with Crippen LogP contribution in [0.2, 0.25) is 0 Å². The maximum absolute atomic E-state index is 12.7. The van der Waals surface area contributed by atoms with Gasteiger partial charge in [-0.2, -0.15) is 0 Å². The van der Waals surface area contributed by atoms with Gasteiger partial charge in [-0.3, -0.25) is 19.7 Å². The number of nitrogens with one attached hydrogen (secondary N) is 1. The van der Waals surface area contributed by atoms with Gasteiger partial charge in [0.05, 0.1) is 19.1 Å². The van der Waals surface area contributed by atoms with Crippen LogP contribution in [0.1, 0.15) is 40.0 Å². The summed E-state index contributed by atoms with van der Waals surface area (Å²) in [6, 6.07) is 5.30. The Hall–Kier alpha value is -2.70. The maximum Gasteiger partial charge on any atom is 0.337 e. The van der Waals surface area contributed by atoms with Crippen LogP contribution in [0.5, 0.6) is 0 Å². The zero-order valence-electron chi connectivity index (χ0n) is 12.6. The lowest BCUT2D eigenvalue weighted by atomic mass is 10.1. The van der Waals surface area contributed by atoms with Crippen LogP contribution in [-0.4, -0.2) is 47.8 Å². The first-order valence-electron chi connectivity index (χ1n) is 7.36. The van der Waals surface area contributed by atoms with Crippen molar-refractivity contribution in [3.8, 4) is 0 Å². The van der Waals surface area contributed by atoms with Gasteiger partial charge in [-0.05, 0) is 37.1 Å². The molecule has 3 amide bonds. The molecule has 1 aliphatic heterocycles. The lowest BCUT2D eigenvalue weighted by Crippen LogP contribution is -2.45. The smallest absolute Gasteiger partial charge is 0.337 e. The highest BCUT2D eigenvalue weighted by Crippen LogP contribution is 2.32. The molecule has 120 valence electrons. The fraction of sp³-hybridized carbons (Fsp3) is 0.375. The first kappa shape index (κ1) is 15.2. The van der Waals surface area contributed by atoms with E-state index >= 15 is 0 Å². The highest BCUT2D eigenvalue weighted by Gasteiger charge is 2.44. The number of methoxy groups -OCH3 is 1. The largest absolute Gasteiger partial charge is 0.465 e. The monoisotopic (exact) mass is 316 g/mol. The van der Waals surface area contributed by atoms with Crippen molar-refractivity contribution in [3.63, 3.8) is 0 Å². The maximum atomic E-state index is 12.7. The zero-order valence-corrected chi connectivity index (χ0v) is 12.6. The SMILES string of the molecule is COC(=O)c1ccc(C(=O)N(C2CC2)C2CC(=O)NC2=O)cc1. The van der Waals surface area contributed by atoms with Crippen molar-refractivity contribution in [2.45, 2.75) is 31.3 Å². The van der Waals surface area contributed by atoms with Gasteiger partial charge in [-0.1, -0.05) is 0 Å². The number of imide groups is 1. The van der Waals surface area contributed by atoms with Gasteiger partial charge >= 0.3 is 5.97 Å². The molecular weight excluding hydrogens is 300 g/mol. The Morgan fingerprint density at radius 2 is 1.74 bits per heavy atom. The highest BCUT2D eigenvalue weighted by atomic mass is 16.5. The van der Waals surface area contributed by atoms with E-state index in [4.69, 9.17) is 0 Å². The van der Waals surface area contributed by atoms with E-state index < -0.39 is 17.9 Å². The van der Waals surface area contributed by atoms with Crippen LogP contribution in [0.15, 0.2) is 24.3 Å². The van der Waals surface area contributed by atoms with Crippen LogP contribution in [0, 0.1) is 0 Å². The Balaban J connectivity index is 1.83. The topological polar surface area (TPSA) is 92.8 Å². The molecule has 1 aromatic carbocycles. The summed E-state index contributed by atoms with van der Waals surface area (Å²) >= 11 is 0. The summed E-state index contributed by atoms with van der Waals surface area (Å²) in [4.78, 5) is 48.9. The lowest BCUT2D eigenvalue weighted by Gasteiger charge is -2.26. The summed E-state index contributed by atoms with van der Waals surface area (Å²) < 4.78 is 4.61. The molecule has 2 aliphatic rings. The molecule has 0 spiro atoms. The van der Waals surface area contributed by atoms with Crippen LogP contribution in [0.25, 0.3) is 0 Å². The molecule has 1 saturated carbocycles. The molecule has 1 atom stereocenters. The number of esters is 1. The molecule has 1 saturated heterocycles. The molecule has 0 aromatic heterocycles. The standard InChI is InChI=1S/C16H16N2O5/c1-23-16(22)10-4-2-9(3-5-10)15(21)18(11-6-7-11)12-8-13(19)17-14(12)20/h2-5,11-12H,6-8H2,1H3,(H,17,19,20). The van der Waals surface area contributed by atoms with Gasteiger partial charge < -0.3 is 9.64 Å². The summed E-state index contributed by atoms with van der Waals surface area (Å²) in [6.45, 7) is 0. The number of rotatable bonds is 4. The third-order valence-electron chi connectivity index (χ3n) is 4.01. The minimum absolute atomic E-state index is 0.00131. The van der Waals surface area contributed by atoms with Crippen molar-refractivity contribution in [1.29, 1.82) is 0 Å². The Morgan fingerprint density at radius 1 is 1.13 bits per heavy atom. The number of amides is 3. The molecule has 1 unspecified atom stereocenters. The predicted octanol–water partition coefficient (Wildman–Crippen LogP) is 0.493. The number of hydrogen-bond acceptors (Lipinski definition) is 5. The molecule has 1 aliphatic carbocycles. The molecule has 1 heterocycles. The quantitative estimate of drug-likeness (QED) is 0.645. The summed E-state index contributed by atoms with van der Waals surface area (Å²) in [6.07, 6.45) is 1.65. The summed E-state index contributed by atoms with van der Waals surface area (Å²) in [5.41, 5.74) is 0.715. The summed E-state index contributed by atoms with van der Waals surface area (Å²) in [7, 11) is 1.28. The fourth-order valence-electron chi connectivity index (χ4n) is 2.70. The Labute approximate surface area is 132 Å². The van der Waals surface area contributed by atoms with Crippen LogP contribution >= 0.6 is 0 Å². The van der Waals surface area contributed by atoms with Crippen molar-refractivity contribution < 1.29 is 23.9 Å². The molecule has 7 nitrogen and oxygen atoms in total. The van der Waals surface area contributed by atoms with Crippen LogP contribution in [-0.2, 0) is 14.3 Å². The predicted molar refractivity (Wildman–Crippen MR) is 78.5 cm³/mol. The van der Waals surface area contributed by atoms with E-state index in [9.17, 15) is 19.2 Å². The molecular formula is C16H16N2O5. The first-order chi connectivity index (χ1) is 11.0. The Bertz CT molecular complexity index is 678. The number of nitrogens with zero attached hydrogens (tertiary/aromatic N) is 1. The van der Waals surface area contributed by atoms with E-state index in [1.807, 2.05) is 0 Å². The van der Waals surface area contributed by atoms with Crippen LogP contribution in [0.4, 0.5) is 0 Å². The zero-order chi connectivity index (χ0) is 16.6. The van der Waals surface area contributed by atoms with Crippen molar-refractivity contribution in [1.82, 2.24) is 10.2 Å². The van der Waals surface area contributed by atoms with Crippen LogP contribution in [0.3, 0.4) is 0 Å². The minimum atomic E-state index is -0.747. The van der Waals surface area contributed by atoms with Gasteiger partial charge in [0.2, 0.25) is 11.8 Å². The van der Waals surface area contributed by atoms with Gasteiger partial charge in [0.15, 0.2) is 0 Å².